The van der Waals surface area contributed by atoms with Crippen LogP contribution in [0, 0.1) is 0 Å². The molecule has 0 aliphatic rings. The second-order valence-electron chi connectivity index (χ2n) is 2.82. The van der Waals surface area contributed by atoms with E-state index >= 15 is 0 Å². The highest BCUT2D eigenvalue weighted by Crippen LogP contribution is 2.02. The van der Waals surface area contributed by atoms with E-state index in [1.807, 2.05) is 0 Å². The van der Waals surface area contributed by atoms with E-state index in [1.54, 1.807) is 12.1 Å². The van der Waals surface area contributed by atoms with Gasteiger partial charge in [-0.1, -0.05) is 0 Å². The molecule has 78 valence electrons. The third kappa shape index (κ3) is 2.16. The van der Waals surface area contributed by atoms with E-state index in [-0.39, 0.29) is 6.42 Å². The van der Waals surface area contributed by atoms with Crippen molar-refractivity contribution in [3.05, 3.63) is 12.1 Å². The molecule has 8 heteroatoms. The highest BCUT2D eigenvalue weighted by Gasteiger charge is 2.01. The molecule has 0 atom stereocenters. The van der Waals surface area contributed by atoms with Crippen LogP contribution in [0.15, 0.2) is 12.1 Å². The first-order chi connectivity index (χ1) is 7.25. The molecule has 2 rings (SSSR count). The van der Waals surface area contributed by atoms with Crippen LogP contribution in [0.4, 0.5) is 5.82 Å². The Morgan fingerprint density at radius 3 is 3.20 bits per heavy atom. The standard InChI is InChI=1S/C7H8N6O2/c14-7(15)3-4-8-5-1-2-6-9-11-12-13(6)10-5/h1-2H,3-4H2,(H,8,10)(H,14,15). The SMILES string of the molecule is O=C(O)CCNc1ccc2nnnn2n1. The van der Waals surface area contributed by atoms with E-state index in [2.05, 4.69) is 25.9 Å². The zero-order valence-corrected chi connectivity index (χ0v) is 7.66. The summed E-state index contributed by atoms with van der Waals surface area (Å²) in [5.74, 6) is -0.318. The zero-order chi connectivity index (χ0) is 10.7. The van der Waals surface area contributed by atoms with Crippen LogP contribution in [-0.4, -0.2) is 42.9 Å². The number of anilines is 1. The van der Waals surface area contributed by atoms with Gasteiger partial charge in [0.15, 0.2) is 5.65 Å². The first-order valence-corrected chi connectivity index (χ1v) is 4.27. The van der Waals surface area contributed by atoms with Crippen molar-refractivity contribution in [1.82, 2.24) is 25.3 Å². The number of carbonyl (C=O) groups is 1. The predicted molar refractivity (Wildman–Crippen MR) is 49.3 cm³/mol. The Morgan fingerprint density at radius 2 is 2.40 bits per heavy atom. The minimum Gasteiger partial charge on any atom is -0.481 e. The molecular weight excluding hydrogens is 200 g/mol. The average molecular weight is 208 g/mol. The molecule has 2 aromatic heterocycles. The van der Waals surface area contributed by atoms with E-state index in [9.17, 15) is 4.79 Å². The fourth-order valence-corrected chi connectivity index (χ4v) is 1.04. The molecule has 2 aromatic rings. The van der Waals surface area contributed by atoms with Crippen molar-refractivity contribution in [2.45, 2.75) is 6.42 Å². The molecule has 0 fully saturated rings. The second-order valence-corrected chi connectivity index (χ2v) is 2.82. The maximum absolute atomic E-state index is 10.3. The fourth-order valence-electron chi connectivity index (χ4n) is 1.04. The summed E-state index contributed by atoms with van der Waals surface area (Å²) in [6, 6.07) is 3.38. The number of carboxylic acids is 1. The van der Waals surface area contributed by atoms with E-state index in [1.165, 1.54) is 4.63 Å². The zero-order valence-electron chi connectivity index (χ0n) is 7.66. The van der Waals surface area contributed by atoms with Crippen molar-refractivity contribution in [3.63, 3.8) is 0 Å². The number of fused-ring (bicyclic) bond motifs is 1. The lowest BCUT2D eigenvalue weighted by molar-refractivity contribution is -0.136. The minimum atomic E-state index is -0.856. The first kappa shape index (κ1) is 9.31. The van der Waals surface area contributed by atoms with Gasteiger partial charge in [0, 0.05) is 6.54 Å². The second kappa shape index (κ2) is 3.86. The number of tetrazole rings is 1. The fraction of sp³-hybridized carbons (Fsp3) is 0.286. The third-order valence-corrected chi connectivity index (χ3v) is 1.71. The lowest BCUT2D eigenvalue weighted by atomic mass is 10.4. The van der Waals surface area contributed by atoms with Crippen molar-refractivity contribution in [2.24, 2.45) is 0 Å². The van der Waals surface area contributed by atoms with Gasteiger partial charge in [-0.15, -0.1) is 14.8 Å². The van der Waals surface area contributed by atoms with Crippen molar-refractivity contribution >= 4 is 17.4 Å². The van der Waals surface area contributed by atoms with Gasteiger partial charge in [-0.3, -0.25) is 4.79 Å². The molecule has 0 bridgehead atoms. The van der Waals surface area contributed by atoms with Gasteiger partial charge in [-0.05, 0) is 22.6 Å². The molecule has 15 heavy (non-hydrogen) atoms. The van der Waals surface area contributed by atoms with Gasteiger partial charge < -0.3 is 10.4 Å². The summed E-state index contributed by atoms with van der Waals surface area (Å²) < 4.78 is 1.27. The molecule has 2 heterocycles. The Bertz CT molecular complexity index is 481. The summed E-state index contributed by atoms with van der Waals surface area (Å²) >= 11 is 0. The average Bonchev–Trinajstić information content (AvgIpc) is 2.64. The summed E-state index contributed by atoms with van der Waals surface area (Å²) in [6.45, 7) is 0.315. The number of aliphatic carboxylic acids is 1. The summed E-state index contributed by atoms with van der Waals surface area (Å²) in [7, 11) is 0. The first-order valence-electron chi connectivity index (χ1n) is 4.27. The Kier molecular flexibility index (Phi) is 2.40. The quantitative estimate of drug-likeness (QED) is 0.691. The molecule has 0 unspecified atom stereocenters. The largest absolute Gasteiger partial charge is 0.481 e. The summed E-state index contributed by atoms with van der Waals surface area (Å²) in [4.78, 5) is 10.3. The van der Waals surface area contributed by atoms with Gasteiger partial charge in [0.2, 0.25) is 0 Å². The topological polar surface area (TPSA) is 105 Å². The van der Waals surface area contributed by atoms with Crippen molar-refractivity contribution < 1.29 is 9.90 Å². The molecule has 2 N–H and O–H groups in total. The van der Waals surface area contributed by atoms with Gasteiger partial charge in [-0.2, -0.15) is 0 Å². The molecule has 0 saturated heterocycles. The smallest absolute Gasteiger partial charge is 0.305 e. The predicted octanol–water partition coefficient (Wildman–Crippen LogP) is -0.594. The number of aromatic nitrogens is 5. The van der Waals surface area contributed by atoms with E-state index in [0.29, 0.717) is 18.0 Å². The van der Waals surface area contributed by atoms with Gasteiger partial charge in [-0.25, -0.2) is 0 Å². The highest BCUT2D eigenvalue weighted by molar-refractivity contribution is 5.67. The number of rotatable bonds is 4. The molecule has 0 radical (unpaired) electrons. The molecule has 0 saturated carbocycles. The molecular formula is C7H8N6O2. The maximum atomic E-state index is 10.3. The van der Waals surface area contributed by atoms with Gasteiger partial charge in [0.05, 0.1) is 6.42 Å². The number of carboxylic acid groups (broad SMARTS) is 1. The van der Waals surface area contributed by atoms with Crippen molar-refractivity contribution in [1.29, 1.82) is 0 Å². The lowest BCUT2D eigenvalue weighted by Gasteiger charge is -2.01. The van der Waals surface area contributed by atoms with Crippen LogP contribution in [0.3, 0.4) is 0 Å². The van der Waals surface area contributed by atoms with Crippen molar-refractivity contribution in [3.8, 4) is 0 Å². The number of hydrogen-bond donors (Lipinski definition) is 2. The van der Waals surface area contributed by atoms with E-state index in [4.69, 9.17) is 5.11 Å². The van der Waals surface area contributed by atoms with Crippen LogP contribution in [0.1, 0.15) is 6.42 Å². The van der Waals surface area contributed by atoms with Crippen LogP contribution < -0.4 is 5.32 Å². The van der Waals surface area contributed by atoms with Gasteiger partial charge in [0.25, 0.3) is 0 Å². The van der Waals surface area contributed by atoms with E-state index < -0.39 is 5.97 Å². The monoisotopic (exact) mass is 208 g/mol. The van der Waals surface area contributed by atoms with Crippen LogP contribution in [-0.2, 0) is 4.79 Å². The summed E-state index contributed by atoms with van der Waals surface area (Å²) in [6.07, 6.45) is 0.0370. The molecule has 8 nitrogen and oxygen atoms in total. The molecule has 0 amide bonds. The highest BCUT2D eigenvalue weighted by atomic mass is 16.4. The van der Waals surface area contributed by atoms with Crippen LogP contribution in [0.5, 0.6) is 0 Å². The Labute approximate surface area is 83.9 Å². The number of hydrogen-bond acceptors (Lipinski definition) is 6. The van der Waals surface area contributed by atoms with Crippen LogP contribution >= 0.6 is 0 Å². The van der Waals surface area contributed by atoms with Crippen molar-refractivity contribution in [2.75, 3.05) is 11.9 Å². The van der Waals surface area contributed by atoms with Gasteiger partial charge in [0.1, 0.15) is 5.82 Å². The summed E-state index contributed by atoms with van der Waals surface area (Å²) in [5.41, 5.74) is 0.541. The molecule has 0 spiro atoms. The van der Waals surface area contributed by atoms with Gasteiger partial charge >= 0.3 is 5.97 Å². The molecule has 0 aromatic carbocycles. The Balaban J connectivity index is 2.04. The maximum Gasteiger partial charge on any atom is 0.305 e. The van der Waals surface area contributed by atoms with Crippen LogP contribution in [0.25, 0.3) is 5.65 Å². The number of nitrogens with zero attached hydrogens (tertiary/aromatic N) is 5. The lowest BCUT2D eigenvalue weighted by Crippen LogP contribution is -2.10. The Hall–Kier alpha value is -2.25. The molecule has 0 aliphatic heterocycles. The van der Waals surface area contributed by atoms with Crippen LogP contribution in [0.2, 0.25) is 0 Å². The minimum absolute atomic E-state index is 0.0370. The van der Waals surface area contributed by atoms with E-state index in [0.717, 1.165) is 0 Å². The number of nitrogens with one attached hydrogen (secondary N) is 1. The summed E-state index contributed by atoms with van der Waals surface area (Å²) in [5, 5.41) is 26.0. The Morgan fingerprint density at radius 1 is 1.53 bits per heavy atom. The normalized spacial score (nSPS) is 10.4. The molecule has 0 aliphatic carbocycles. The third-order valence-electron chi connectivity index (χ3n) is 1.71.